The molecule has 0 spiro atoms. The van der Waals surface area contributed by atoms with Crippen LogP contribution in [-0.4, -0.2) is 43.6 Å². The highest BCUT2D eigenvalue weighted by molar-refractivity contribution is 6.73. The van der Waals surface area contributed by atoms with E-state index in [1.54, 1.807) is 0 Å². The van der Waals surface area contributed by atoms with Crippen LogP contribution in [-0.2, 0) is 13.9 Å². The molecule has 0 radical (unpaired) electrons. The topological polar surface area (TPSA) is 47.9 Å². The lowest BCUT2D eigenvalue weighted by Crippen LogP contribution is -2.60. The van der Waals surface area contributed by atoms with E-state index in [4.69, 9.17) is 13.9 Å². The minimum atomic E-state index is -1.81. The number of aliphatic hydroxyl groups is 1. The normalized spacial score (nSPS) is 31.3. The van der Waals surface area contributed by atoms with Crippen LogP contribution in [0.4, 0.5) is 0 Å². The van der Waals surface area contributed by atoms with Gasteiger partial charge in [0.05, 0.1) is 23.9 Å². The van der Waals surface area contributed by atoms with Gasteiger partial charge >= 0.3 is 0 Å². The Balaban J connectivity index is 2.87. The molecule has 0 saturated carbocycles. The maximum absolute atomic E-state index is 11.2. The molecule has 0 aromatic heterocycles. The van der Waals surface area contributed by atoms with E-state index in [9.17, 15) is 5.11 Å². The third kappa shape index (κ3) is 5.77. The molecule has 0 aliphatic carbocycles. The highest BCUT2D eigenvalue weighted by Gasteiger charge is 2.49. The zero-order valence-electron chi connectivity index (χ0n) is 18.0. The third-order valence-corrected chi connectivity index (χ3v) is 10.5. The second-order valence-corrected chi connectivity index (χ2v) is 13.4. The molecule has 1 fully saturated rings. The maximum Gasteiger partial charge on any atom is 0.192 e. The molecule has 1 saturated heterocycles. The first kappa shape index (κ1) is 23.1. The van der Waals surface area contributed by atoms with E-state index < -0.39 is 13.9 Å². The van der Waals surface area contributed by atoms with Gasteiger partial charge in [-0.25, -0.2) is 0 Å². The minimum absolute atomic E-state index is 0.126. The molecule has 25 heavy (non-hydrogen) atoms. The van der Waals surface area contributed by atoms with E-state index in [1.807, 2.05) is 13.8 Å². The Labute approximate surface area is 156 Å². The molecule has 1 heterocycles. The quantitative estimate of drug-likeness (QED) is 0.579. The van der Waals surface area contributed by atoms with Gasteiger partial charge in [0.2, 0.25) is 0 Å². The average molecular weight is 375 g/mol. The van der Waals surface area contributed by atoms with Gasteiger partial charge in [0.15, 0.2) is 14.6 Å². The minimum Gasteiger partial charge on any atom is -0.408 e. The Morgan fingerprint density at radius 1 is 1.08 bits per heavy atom. The van der Waals surface area contributed by atoms with E-state index in [0.717, 1.165) is 18.1 Å². The highest BCUT2D eigenvalue weighted by Crippen LogP contribution is 2.37. The van der Waals surface area contributed by atoms with Crippen LogP contribution in [0.1, 0.15) is 68.7 Å². The van der Waals surface area contributed by atoms with Crippen LogP contribution in [0.2, 0.25) is 18.1 Å². The summed E-state index contributed by atoms with van der Waals surface area (Å²) in [6.45, 7) is 19.2. The molecule has 1 aliphatic heterocycles. The summed E-state index contributed by atoms with van der Waals surface area (Å²) >= 11 is 0. The second-order valence-electron chi connectivity index (χ2n) is 8.70. The fourth-order valence-corrected chi connectivity index (χ4v) is 7.13. The highest BCUT2D eigenvalue weighted by atomic mass is 28.4. The molecule has 1 aliphatic rings. The van der Waals surface area contributed by atoms with Crippen molar-refractivity contribution in [2.24, 2.45) is 11.8 Å². The van der Waals surface area contributed by atoms with E-state index in [2.05, 4.69) is 48.5 Å². The molecule has 0 unspecified atom stereocenters. The van der Waals surface area contributed by atoms with E-state index in [0.29, 0.717) is 18.3 Å². The van der Waals surface area contributed by atoms with Crippen LogP contribution in [0.25, 0.3) is 0 Å². The molecule has 0 aromatic rings. The fourth-order valence-electron chi connectivity index (χ4n) is 4.15. The molecule has 0 amide bonds. The van der Waals surface area contributed by atoms with E-state index >= 15 is 0 Å². The Hall–Kier alpha value is 0.0569. The van der Waals surface area contributed by atoms with Gasteiger partial charge in [-0.1, -0.05) is 48.5 Å². The van der Waals surface area contributed by atoms with Crippen molar-refractivity contribution in [2.45, 2.75) is 117 Å². The number of ether oxygens (including phenoxy) is 2. The summed E-state index contributed by atoms with van der Waals surface area (Å²) < 4.78 is 19.0. The predicted octanol–water partition coefficient (Wildman–Crippen LogP) is 4.96. The largest absolute Gasteiger partial charge is 0.408 e. The Kier molecular flexibility index (Phi) is 8.60. The fraction of sp³-hybridized carbons (Fsp3) is 1.00. The van der Waals surface area contributed by atoms with E-state index in [-0.39, 0.29) is 24.6 Å². The predicted molar refractivity (Wildman–Crippen MR) is 106 cm³/mol. The lowest BCUT2D eigenvalue weighted by atomic mass is 9.88. The van der Waals surface area contributed by atoms with Crippen molar-refractivity contribution in [2.75, 3.05) is 0 Å². The monoisotopic (exact) mass is 374 g/mol. The smallest absolute Gasteiger partial charge is 0.192 e. The van der Waals surface area contributed by atoms with Gasteiger partial charge in [-0.05, 0) is 43.8 Å². The van der Waals surface area contributed by atoms with Crippen LogP contribution in [0.3, 0.4) is 0 Å². The summed E-state index contributed by atoms with van der Waals surface area (Å²) in [4.78, 5) is 0. The van der Waals surface area contributed by atoms with Crippen LogP contribution >= 0.6 is 0 Å². The molecule has 1 rings (SSSR count). The Bertz CT molecular complexity index is 377. The van der Waals surface area contributed by atoms with Gasteiger partial charge in [0, 0.05) is 6.42 Å². The SMILES string of the molecule is CC[Si](CC)(CC)O[C@H]1[C@H](C)O[C@@H](OC(C(C)C)C(C)C)C[C@@]1(C)O. The number of hydrogen-bond donors (Lipinski definition) is 1. The van der Waals surface area contributed by atoms with Gasteiger partial charge in [-0.3, -0.25) is 0 Å². The summed E-state index contributed by atoms with van der Waals surface area (Å²) in [5.41, 5.74) is -0.932. The Morgan fingerprint density at radius 2 is 1.56 bits per heavy atom. The summed E-state index contributed by atoms with van der Waals surface area (Å²) in [6.07, 6.45) is -0.248. The first-order valence-corrected chi connectivity index (χ1v) is 12.8. The van der Waals surface area contributed by atoms with Crippen LogP contribution in [0.5, 0.6) is 0 Å². The summed E-state index contributed by atoms with van der Waals surface area (Å²) in [7, 11) is -1.81. The molecule has 4 nitrogen and oxygen atoms in total. The van der Waals surface area contributed by atoms with Crippen molar-refractivity contribution >= 4 is 8.32 Å². The zero-order chi connectivity index (χ0) is 19.4. The van der Waals surface area contributed by atoms with Crippen molar-refractivity contribution < 1.29 is 19.0 Å². The van der Waals surface area contributed by atoms with Gasteiger partial charge in [-0.15, -0.1) is 0 Å². The molecule has 0 aromatic carbocycles. The van der Waals surface area contributed by atoms with Crippen molar-refractivity contribution in [3.8, 4) is 0 Å². The molecule has 150 valence electrons. The van der Waals surface area contributed by atoms with Crippen LogP contribution in [0.15, 0.2) is 0 Å². The van der Waals surface area contributed by atoms with Crippen LogP contribution < -0.4 is 0 Å². The summed E-state index contributed by atoms with van der Waals surface area (Å²) in [6, 6.07) is 3.21. The summed E-state index contributed by atoms with van der Waals surface area (Å²) in [5.74, 6) is 0.830. The molecular formula is C20H42O4Si. The number of rotatable bonds is 9. The first-order chi connectivity index (χ1) is 11.5. The van der Waals surface area contributed by atoms with Gasteiger partial charge in [0.25, 0.3) is 0 Å². The van der Waals surface area contributed by atoms with Crippen molar-refractivity contribution in [3.63, 3.8) is 0 Å². The van der Waals surface area contributed by atoms with Crippen molar-refractivity contribution in [1.29, 1.82) is 0 Å². The van der Waals surface area contributed by atoms with Gasteiger partial charge in [-0.2, -0.15) is 0 Å². The van der Waals surface area contributed by atoms with Gasteiger partial charge < -0.3 is 19.0 Å². The van der Waals surface area contributed by atoms with E-state index in [1.165, 1.54) is 0 Å². The molecule has 4 atom stereocenters. The van der Waals surface area contributed by atoms with Crippen molar-refractivity contribution in [1.82, 2.24) is 0 Å². The molecular weight excluding hydrogens is 332 g/mol. The lowest BCUT2D eigenvalue weighted by Gasteiger charge is -2.48. The lowest BCUT2D eigenvalue weighted by molar-refractivity contribution is -0.287. The molecule has 1 N–H and O–H groups in total. The third-order valence-electron chi connectivity index (χ3n) is 5.92. The molecule has 0 bridgehead atoms. The maximum atomic E-state index is 11.2. The second kappa shape index (κ2) is 9.31. The van der Waals surface area contributed by atoms with Crippen LogP contribution in [0, 0.1) is 11.8 Å². The standard InChI is InChI=1S/C20H42O4Si/c1-10-25(11-2,12-3)24-19-16(8)22-17(13-20(19,9)21)23-18(14(4)5)15(6)7/h14-19,21H,10-13H2,1-9H3/t16-,17-,19-,20+/m0/s1. The zero-order valence-corrected chi connectivity index (χ0v) is 19.0. The summed E-state index contributed by atoms with van der Waals surface area (Å²) in [5, 5.41) is 11.2. The van der Waals surface area contributed by atoms with Gasteiger partial charge in [0.1, 0.15) is 0 Å². The Morgan fingerprint density at radius 3 is 1.92 bits per heavy atom. The van der Waals surface area contributed by atoms with Crippen molar-refractivity contribution in [3.05, 3.63) is 0 Å². The average Bonchev–Trinajstić information content (AvgIpc) is 2.52. The molecule has 5 heteroatoms. The first-order valence-electron chi connectivity index (χ1n) is 10.2. The number of hydrogen-bond acceptors (Lipinski definition) is 4.